The van der Waals surface area contributed by atoms with E-state index >= 15 is 0 Å². The Morgan fingerprint density at radius 1 is 1.18 bits per heavy atom. The molecule has 0 amide bonds. The zero-order valence-electron chi connectivity index (χ0n) is 9.66. The fourth-order valence-corrected chi connectivity index (χ4v) is 1.65. The van der Waals surface area contributed by atoms with Crippen LogP contribution >= 0.6 is 0 Å². The molecule has 1 aromatic carbocycles. The first-order valence-electron chi connectivity index (χ1n) is 5.18. The second-order valence-electron chi connectivity index (χ2n) is 3.93. The molecule has 3 N–H and O–H groups in total. The molecule has 0 radical (unpaired) electrons. The Kier molecular flexibility index (Phi) is 2.91. The number of aromatic nitrogens is 2. The topological polar surface area (TPSA) is 63.8 Å². The molecular weight excluding hydrogens is 219 g/mol. The van der Waals surface area contributed by atoms with E-state index < -0.39 is 5.82 Å². The Hall–Kier alpha value is -2.17. The molecule has 0 unspecified atom stereocenters. The molecule has 1 aromatic heterocycles. The molecule has 0 saturated heterocycles. The zero-order chi connectivity index (χ0) is 12.4. The Morgan fingerprint density at radius 2 is 1.82 bits per heavy atom. The number of aryl methyl sites for hydroxylation is 2. The van der Waals surface area contributed by atoms with E-state index in [1.54, 1.807) is 0 Å². The van der Waals surface area contributed by atoms with E-state index in [0.29, 0.717) is 0 Å². The highest BCUT2D eigenvalue weighted by molar-refractivity contribution is 5.59. The molecule has 0 atom stereocenters. The van der Waals surface area contributed by atoms with Crippen molar-refractivity contribution in [1.29, 1.82) is 0 Å². The van der Waals surface area contributed by atoms with Crippen LogP contribution < -0.4 is 11.1 Å². The zero-order valence-corrected chi connectivity index (χ0v) is 9.66. The summed E-state index contributed by atoms with van der Waals surface area (Å²) in [6.45, 7) is 3.95. The first kappa shape index (κ1) is 11.3. The lowest BCUT2D eigenvalue weighted by Gasteiger charge is -2.08. The van der Waals surface area contributed by atoms with E-state index in [-0.39, 0.29) is 11.8 Å². The monoisotopic (exact) mass is 232 g/mol. The van der Waals surface area contributed by atoms with Crippen molar-refractivity contribution in [3.8, 4) is 0 Å². The first-order chi connectivity index (χ1) is 8.04. The van der Waals surface area contributed by atoms with Gasteiger partial charge in [0.25, 0.3) is 0 Å². The van der Waals surface area contributed by atoms with Crippen LogP contribution in [-0.2, 0) is 0 Å². The van der Waals surface area contributed by atoms with E-state index in [2.05, 4.69) is 15.3 Å². The van der Waals surface area contributed by atoms with Gasteiger partial charge in [0.15, 0.2) is 11.6 Å². The summed E-state index contributed by atoms with van der Waals surface area (Å²) in [5, 5.41) is 2.89. The maximum absolute atomic E-state index is 13.4. The van der Waals surface area contributed by atoms with Gasteiger partial charge in [-0.05, 0) is 37.1 Å². The molecule has 0 aliphatic carbocycles. The molecule has 0 fully saturated rings. The van der Waals surface area contributed by atoms with Gasteiger partial charge in [0.05, 0.1) is 6.20 Å². The van der Waals surface area contributed by atoms with Crippen molar-refractivity contribution < 1.29 is 4.39 Å². The second-order valence-corrected chi connectivity index (χ2v) is 3.93. The summed E-state index contributed by atoms with van der Waals surface area (Å²) in [5.74, 6) is -0.404. The standard InChI is InChI=1S/C12H13FN4/c1-7-3-8(2)5-9(4-7)16-11-10(13)6-15-12(14)17-11/h3-6H,1-2H3,(H3,14,15,16,17). The average Bonchev–Trinajstić information content (AvgIpc) is 2.22. The lowest BCUT2D eigenvalue weighted by Crippen LogP contribution is -2.02. The SMILES string of the molecule is Cc1cc(C)cc(Nc2nc(N)ncc2F)c1. The summed E-state index contributed by atoms with van der Waals surface area (Å²) in [6.07, 6.45) is 1.05. The highest BCUT2D eigenvalue weighted by Crippen LogP contribution is 2.20. The number of halogens is 1. The first-order valence-corrected chi connectivity index (χ1v) is 5.18. The van der Waals surface area contributed by atoms with Crippen LogP contribution in [0.1, 0.15) is 11.1 Å². The average molecular weight is 232 g/mol. The summed E-state index contributed by atoms with van der Waals surface area (Å²) in [6, 6.07) is 5.85. The van der Waals surface area contributed by atoms with Crippen LogP contribution in [0.15, 0.2) is 24.4 Å². The molecule has 2 aromatic rings. The minimum Gasteiger partial charge on any atom is -0.368 e. The third kappa shape index (κ3) is 2.69. The number of nitrogens with two attached hydrogens (primary N) is 1. The van der Waals surface area contributed by atoms with Crippen LogP contribution in [-0.4, -0.2) is 9.97 Å². The van der Waals surface area contributed by atoms with Crippen LogP contribution in [0.2, 0.25) is 0 Å². The Morgan fingerprint density at radius 3 is 2.47 bits per heavy atom. The van der Waals surface area contributed by atoms with Gasteiger partial charge in [-0.15, -0.1) is 0 Å². The maximum Gasteiger partial charge on any atom is 0.222 e. The Labute approximate surface area is 98.7 Å². The number of anilines is 3. The third-order valence-electron chi connectivity index (χ3n) is 2.25. The summed E-state index contributed by atoms with van der Waals surface area (Å²) in [7, 11) is 0. The molecule has 0 bridgehead atoms. The van der Waals surface area contributed by atoms with E-state index in [1.165, 1.54) is 0 Å². The van der Waals surface area contributed by atoms with Gasteiger partial charge in [-0.3, -0.25) is 0 Å². The van der Waals surface area contributed by atoms with Crippen molar-refractivity contribution in [3.05, 3.63) is 41.3 Å². The van der Waals surface area contributed by atoms with Crippen LogP contribution in [0.3, 0.4) is 0 Å². The number of nitrogens with one attached hydrogen (secondary N) is 1. The minimum atomic E-state index is -0.529. The van der Waals surface area contributed by atoms with Crippen LogP contribution in [0.5, 0.6) is 0 Å². The molecule has 5 heteroatoms. The summed E-state index contributed by atoms with van der Waals surface area (Å²) in [5.41, 5.74) is 8.37. The van der Waals surface area contributed by atoms with Crippen molar-refractivity contribution in [3.63, 3.8) is 0 Å². The van der Waals surface area contributed by atoms with Gasteiger partial charge < -0.3 is 11.1 Å². The number of hydrogen-bond acceptors (Lipinski definition) is 4. The third-order valence-corrected chi connectivity index (χ3v) is 2.25. The largest absolute Gasteiger partial charge is 0.368 e. The smallest absolute Gasteiger partial charge is 0.222 e. The van der Waals surface area contributed by atoms with E-state index in [4.69, 9.17) is 5.73 Å². The molecule has 0 aliphatic rings. The fourth-order valence-electron chi connectivity index (χ4n) is 1.65. The highest BCUT2D eigenvalue weighted by Gasteiger charge is 2.06. The number of benzene rings is 1. The van der Waals surface area contributed by atoms with Gasteiger partial charge in [0.1, 0.15) is 0 Å². The highest BCUT2D eigenvalue weighted by atomic mass is 19.1. The van der Waals surface area contributed by atoms with Crippen LogP contribution in [0, 0.1) is 19.7 Å². The molecule has 4 nitrogen and oxygen atoms in total. The van der Waals surface area contributed by atoms with Crippen molar-refractivity contribution in [2.45, 2.75) is 13.8 Å². The molecular formula is C12H13FN4. The number of hydrogen-bond donors (Lipinski definition) is 2. The minimum absolute atomic E-state index is 0.0401. The molecule has 17 heavy (non-hydrogen) atoms. The van der Waals surface area contributed by atoms with Crippen LogP contribution in [0.25, 0.3) is 0 Å². The number of nitrogens with zero attached hydrogens (tertiary/aromatic N) is 2. The van der Waals surface area contributed by atoms with Gasteiger partial charge in [0, 0.05) is 5.69 Å². The lowest BCUT2D eigenvalue weighted by molar-refractivity contribution is 0.620. The molecule has 88 valence electrons. The van der Waals surface area contributed by atoms with Gasteiger partial charge in [0.2, 0.25) is 5.95 Å². The van der Waals surface area contributed by atoms with Gasteiger partial charge >= 0.3 is 0 Å². The predicted octanol–water partition coefficient (Wildman–Crippen LogP) is 2.56. The fraction of sp³-hybridized carbons (Fsp3) is 0.167. The summed E-state index contributed by atoms with van der Waals surface area (Å²) < 4.78 is 13.4. The van der Waals surface area contributed by atoms with Crippen molar-refractivity contribution >= 4 is 17.5 Å². The Balaban J connectivity index is 2.34. The predicted molar refractivity (Wildman–Crippen MR) is 65.6 cm³/mol. The summed E-state index contributed by atoms with van der Waals surface area (Å²) in [4.78, 5) is 7.38. The number of nitrogen functional groups attached to an aromatic ring is 1. The number of rotatable bonds is 2. The molecule has 1 heterocycles. The normalized spacial score (nSPS) is 10.3. The molecule has 0 spiro atoms. The lowest BCUT2D eigenvalue weighted by atomic mass is 10.1. The van der Waals surface area contributed by atoms with Crippen LogP contribution in [0.4, 0.5) is 21.8 Å². The summed E-state index contributed by atoms with van der Waals surface area (Å²) >= 11 is 0. The van der Waals surface area contributed by atoms with Gasteiger partial charge in [-0.2, -0.15) is 4.98 Å². The van der Waals surface area contributed by atoms with Gasteiger partial charge in [-0.1, -0.05) is 6.07 Å². The molecule has 0 aliphatic heterocycles. The van der Waals surface area contributed by atoms with E-state index in [0.717, 1.165) is 23.0 Å². The van der Waals surface area contributed by atoms with E-state index in [9.17, 15) is 4.39 Å². The maximum atomic E-state index is 13.4. The van der Waals surface area contributed by atoms with Crippen molar-refractivity contribution in [2.75, 3.05) is 11.1 Å². The molecule has 0 saturated carbocycles. The Bertz CT molecular complexity index is 534. The second kappa shape index (κ2) is 4.37. The molecule has 2 rings (SSSR count). The van der Waals surface area contributed by atoms with E-state index in [1.807, 2.05) is 32.0 Å². The van der Waals surface area contributed by atoms with Crippen molar-refractivity contribution in [1.82, 2.24) is 9.97 Å². The van der Waals surface area contributed by atoms with Crippen molar-refractivity contribution in [2.24, 2.45) is 0 Å². The quantitative estimate of drug-likeness (QED) is 0.835. The van der Waals surface area contributed by atoms with Gasteiger partial charge in [-0.25, -0.2) is 9.37 Å².